The van der Waals surface area contributed by atoms with Crippen LogP contribution < -0.4 is 19.1 Å². The second kappa shape index (κ2) is 8.55. The molecule has 1 amide bonds. The fourth-order valence-corrected chi connectivity index (χ4v) is 5.03. The maximum absolute atomic E-state index is 12.9. The zero-order valence-electron chi connectivity index (χ0n) is 17.0. The maximum atomic E-state index is 12.9. The molecule has 1 aliphatic heterocycles. The number of hydrogen-bond donors (Lipinski definition) is 1. The standard InChI is InChI=1S/C22H26N2O5S/c1-2-30(26,27)24(17-10-11-20-21(14-17)29-13-12-28-20)15-22(25)23-19-9-5-7-16-6-3-4-8-18(16)19/h3-4,6,8,10-11,14,19H,2,5,7,9,12-13,15H2,1H3,(H,23,25)/t19-/m0/s1. The van der Waals surface area contributed by atoms with E-state index in [4.69, 9.17) is 9.47 Å². The fraction of sp³-hybridized carbons (Fsp3) is 0.409. The lowest BCUT2D eigenvalue weighted by Gasteiger charge is -2.29. The SMILES string of the molecule is CCS(=O)(=O)N(CC(=O)N[C@H]1CCCc2ccccc21)c1ccc2c(c1)OCCO2. The number of fused-ring (bicyclic) bond motifs is 2. The van der Waals surface area contributed by atoms with E-state index >= 15 is 0 Å². The third-order valence-corrected chi connectivity index (χ3v) is 7.25. The lowest BCUT2D eigenvalue weighted by molar-refractivity contribution is -0.120. The maximum Gasteiger partial charge on any atom is 0.241 e. The van der Waals surface area contributed by atoms with E-state index in [1.807, 2.05) is 18.2 Å². The molecule has 2 aromatic carbocycles. The number of rotatable bonds is 6. The Labute approximate surface area is 177 Å². The van der Waals surface area contributed by atoms with E-state index in [1.54, 1.807) is 25.1 Å². The van der Waals surface area contributed by atoms with Crippen molar-refractivity contribution in [3.05, 3.63) is 53.6 Å². The molecule has 0 saturated carbocycles. The van der Waals surface area contributed by atoms with E-state index in [2.05, 4.69) is 11.4 Å². The summed E-state index contributed by atoms with van der Waals surface area (Å²) in [5.74, 6) is 0.614. The summed E-state index contributed by atoms with van der Waals surface area (Å²) < 4.78 is 37.8. The van der Waals surface area contributed by atoms with Gasteiger partial charge in [-0.15, -0.1) is 0 Å². The molecule has 30 heavy (non-hydrogen) atoms. The minimum Gasteiger partial charge on any atom is -0.486 e. The minimum absolute atomic E-state index is 0.103. The lowest BCUT2D eigenvalue weighted by Crippen LogP contribution is -2.43. The number of anilines is 1. The number of ether oxygens (including phenoxy) is 2. The molecule has 7 nitrogen and oxygen atoms in total. The molecule has 160 valence electrons. The Hall–Kier alpha value is -2.74. The minimum atomic E-state index is -3.66. The Morgan fingerprint density at radius 1 is 1.13 bits per heavy atom. The number of benzene rings is 2. The Bertz CT molecular complexity index is 1040. The second-order valence-corrected chi connectivity index (χ2v) is 9.63. The molecule has 0 bridgehead atoms. The molecule has 2 aliphatic rings. The number of aryl methyl sites for hydroxylation is 1. The molecule has 2 aromatic rings. The summed E-state index contributed by atoms with van der Waals surface area (Å²) in [4.78, 5) is 12.9. The van der Waals surface area contributed by atoms with Crippen molar-refractivity contribution in [2.24, 2.45) is 0 Å². The summed E-state index contributed by atoms with van der Waals surface area (Å²) in [6.45, 7) is 2.14. The molecule has 0 radical (unpaired) electrons. The van der Waals surface area contributed by atoms with Gasteiger partial charge in [-0.25, -0.2) is 8.42 Å². The quantitative estimate of drug-likeness (QED) is 0.762. The first kappa shape index (κ1) is 20.5. The largest absolute Gasteiger partial charge is 0.486 e. The van der Waals surface area contributed by atoms with Crippen molar-refractivity contribution in [2.75, 3.05) is 29.8 Å². The van der Waals surface area contributed by atoms with Gasteiger partial charge in [-0.05, 0) is 49.4 Å². The van der Waals surface area contributed by atoms with Gasteiger partial charge in [0.25, 0.3) is 0 Å². The van der Waals surface area contributed by atoms with Crippen LogP contribution in [0, 0.1) is 0 Å². The summed E-state index contributed by atoms with van der Waals surface area (Å²) in [7, 11) is -3.66. The topological polar surface area (TPSA) is 84.9 Å². The van der Waals surface area contributed by atoms with Gasteiger partial charge in [-0.2, -0.15) is 0 Å². The molecule has 1 N–H and O–H groups in total. The Kier molecular flexibility index (Phi) is 5.85. The second-order valence-electron chi connectivity index (χ2n) is 7.45. The zero-order chi connectivity index (χ0) is 21.1. The van der Waals surface area contributed by atoms with Crippen LogP contribution in [0.1, 0.15) is 36.9 Å². The highest BCUT2D eigenvalue weighted by molar-refractivity contribution is 7.92. The van der Waals surface area contributed by atoms with Gasteiger partial charge in [0.1, 0.15) is 19.8 Å². The highest BCUT2D eigenvalue weighted by Crippen LogP contribution is 2.35. The van der Waals surface area contributed by atoms with Crippen LogP contribution >= 0.6 is 0 Å². The number of sulfonamides is 1. The van der Waals surface area contributed by atoms with Crippen LogP contribution in [0.25, 0.3) is 0 Å². The zero-order valence-corrected chi connectivity index (χ0v) is 17.8. The summed E-state index contributed by atoms with van der Waals surface area (Å²) >= 11 is 0. The van der Waals surface area contributed by atoms with Crippen LogP contribution in [0.5, 0.6) is 11.5 Å². The molecule has 4 rings (SSSR count). The Morgan fingerprint density at radius 2 is 1.90 bits per heavy atom. The highest BCUT2D eigenvalue weighted by atomic mass is 32.2. The van der Waals surface area contributed by atoms with E-state index in [0.717, 1.165) is 29.1 Å². The van der Waals surface area contributed by atoms with Crippen molar-refractivity contribution < 1.29 is 22.7 Å². The van der Waals surface area contributed by atoms with Crippen LogP contribution in [-0.4, -0.2) is 39.8 Å². The number of nitrogens with one attached hydrogen (secondary N) is 1. The van der Waals surface area contributed by atoms with Gasteiger partial charge in [-0.1, -0.05) is 24.3 Å². The van der Waals surface area contributed by atoms with Crippen molar-refractivity contribution in [3.8, 4) is 11.5 Å². The first-order valence-corrected chi connectivity index (χ1v) is 11.9. The van der Waals surface area contributed by atoms with E-state index in [0.29, 0.717) is 30.4 Å². The molecule has 0 spiro atoms. The van der Waals surface area contributed by atoms with Crippen LogP contribution in [-0.2, 0) is 21.2 Å². The van der Waals surface area contributed by atoms with E-state index in [-0.39, 0.29) is 24.2 Å². The number of amides is 1. The van der Waals surface area contributed by atoms with Crippen molar-refractivity contribution in [2.45, 2.75) is 32.2 Å². The summed E-state index contributed by atoms with van der Waals surface area (Å²) in [6, 6.07) is 12.9. The molecule has 1 heterocycles. The van der Waals surface area contributed by atoms with Crippen LogP contribution in [0.2, 0.25) is 0 Å². The van der Waals surface area contributed by atoms with Gasteiger partial charge in [-0.3, -0.25) is 9.10 Å². The van der Waals surface area contributed by atoms with Crippen molar-refractivity contribution in [1.29, 1.82) is 0 Å². The van der Waals surface area contributed by atoms with Crippen molar-refractivity contribution in [1.82, 2.24) is 5.32 Å². The monoisotopic (exact) mass is 430 g/mol. The predicted molar refractivity (Wildman–Crippen MR) is 115 cm³/mol. The summed E-state index contributed by atoms with van der Waals surface area (Å²) in [6.07, 6.45) is 2.82. The third kappa shape index (κ3) is 4.23. The van der Waals surface area contributed by atoms with Crippen molar-refractivity contribution >= 4 is 21.6 Å². The van der Waals surface area contributed by atoms with E-state index < -0.39 is 10.0 Å². The molecule has 0 unspecified atom stereocenters. The normalized spacial score (nSPS) is 17.7. The van der Waals surface area contributed by atoms with E-state index in [1.165, 1.54) is 5.56 Å². The van der Waals surface area contributed by atoms with Crippen LogP contribution in [0.4, 0.5) is 5.69 Å². The fourth-order valence-electron chi connectivity index (χ4n) is 3.97. The summed E-state index contributed by atoms with van der Waals surface area (Å²) in [5.41, 5.74) is 2.74. The molecule has 1 atom stereocenters. The molecule has 1 aliphatic carbocycles. The number of carbonyl (C=O) groups excluding carboxylic acids is 1. The average molecular weight is 431 g/mol. The molecule has 8 heteroatoms. The number of nitrogens with zero attached hydrogens (tertiary/aromatic N) is 1. The molecule has 0 aromatic heterocycles. The molecule has 0 saturated heterocycles. The van der Waals surface area contributed by atoms with Crippen LogP contribution in [0.15, 0.2) is 42.5 Å². The van der Waals surface area contributed by atoms with Gasteiger partial charge >= 0.3 is 0 Å². The Morgan fingerprint density at radius 3 is 2.70 bits per heavy atom. The molecular formula is C22H26N2O5S. The molecular weight excluding hydrogens is 404 g/mol. The van der Waals surface area contributed by atoms with Gasteiger partial charge in [0.15, 0.2) is 11.5 Å². The third-order valence-electron chi connectivity index (χ3n) is 5.51. The number of hydrogen-bond acceptors (Lipinski definition) is 5. The lowest BCUT2D eigenvalue weighted by atomic mass is 9.88. The molecule has 0 fully saturated rings. The highest BCUT2D eigenvalue weighted by Gasteiger charge is 2.27. The van der Waals surface area contributed by atoms with Gasteiger partial charge in [0, 0.05) is 6.07 Å². The Balaban J connectivity index is 1.55. The predicted octanol–water partition coefficient (Wildman–Crippen LogP) is 2.81. The van der Waals surface area contributed by atoms with E-state index in [9.17, 15) is 13.2 Å². The van der Waals surface area contributed by atoms with Crippen molar-refractivity contribution in [3.63, 3.8) is 0 Å². The first-order chi connectivity index (χ1) is 14.5. The number of carbonyl (C=O) groups is 1. The van der Waals surface area contributed by atoms with Crippen LogP contribution in [0.3, 0.4) is 0 Å². The van der Waals surface area contributed by atoms with Gasteiger partial charge in [0.05, 0.1) is 17.5 Å². The average Bonchev–Trinajstić information content (AvgIpc) is 2.77. The first-order valence-electron chi connectivity index (χ1n) is 10.2. The van der Waals surface area contributed by atoms with Gasteiger partial charge < -0.3 is 14.8 Å². The van der Waals surface area contributed by atoms with Gasteiger partial charge in [0.2, 0.25) is 15.9 Å². The smallest absolute Gasteiger partial charge is 0.241 e. The summed E-state index contributed by atoms with van der Waals surface area (Å²) in [5, 5.41) is 3.03.